The van der Waals surface area contributed by atoms with E-state index in [0.29, 0.717) is 31.2 Å². The molecular formula is C18H23NO3. The number of hydrogen-bond donors (Lipinski definition) is 1. The second kappa shape index (κ2) is 6.51. The second-order valence-electron chi connectivity index (χ2n) is 6.59. The number of benzene rings is 1. The molecule has 1 saturated heterocycles. The van der Waals surface area contributed by atoms with Crippen LogP contribution < -0.4 is 0 Å². The van der Waals surface area contributed by atoms with E-state index in [-0.39, 0.29) is 5.91 Å². The van der Waals surface area contributed by atoms with Gasteiger partial charge in [-0.05, 0) is 49.5 Å². The Labute approximate surface area is 131 Å². The van der Waals surface area contributed by atoms with Gasteiger partial charge in [0.25, 0.3) is 0 Å². The lowest BCUT2D eigenvalue weighted by atomic mass is 9.70. The molecule has 1 aromatic rings. The van der Waals surface area contributed by atoms with E-state index in [9.17, 15) is 14.7 Å². The normalized spacial score (nSPS) is 28.0. The van der Waals surface area contributed by atoms with Crippen molar-refractivity contribution < 1.29 is 14.7 Å². The van der Waals surface area contributed by atoms with Gasteiger partial charge in [-0.25, -0.2) is 4.79 Å². The molecule has 1 N–H and O–H groups in total. The number of rotatable bonds is 4. The predicted octanol–water partition coefficient (Wildman–Crippen LogP) is 3.04. The molecule has 1 heterocycles. The van der Waals surface area contributed by atoms with Crippen molar-refractivity contribution in [1.29, 1.82) is 0 Å². The molecule has 22 heavy (non-hydrogen) atoms. The number of piperidine rings is 1. The van der Waals surface area contributed by atoms with E-state index in [1.165, 1.54) is 5.56 Å². The van der Waals surface area contributed by atoms with E-state index < -0.39 is 12.0 Å². The minimum absolute atomic E-state index is 0.0311. The van der Waals surface area contributed by atoms with Crippen molar-refractivity contribution in [1.82, 2.24) is 4.90 Å². The fourth-order valence-electron chi connectivity index (χ4n) is 3.75. The molecule has 118 valence electrons. The predicted molar refractivity (Wildman–Crippen MR) is 83.5 cm³/mol. The monoisotopic (exact) mass is 301 g/mol. The van der Waals surface area contributed by atoms with Gasteiger partial charge in [-0.1, -0.05) is 30.3 Å². The van der Waals surface area contributed by atoms with E-state index in [1.54, 1.807) is 4.90 Å². The first kappa shape index (κ1) is 15.1. The lowest BCUT2D eigenvalue weighted by Gasteiger charge is -2.38. The number of nitrogens with zero attached hydrogens (tertiary/aromatic N) is 1. The van der Waals surface area contributed by atoms with Gasteiger partial charge in [0, 0.05) is 13.0 Å². The number of hydrogen-bond acceptors (Lipinski definition) is 2. The van der Waals surface area contributed by atoms with Crippen molar-refractivity contribution in [2.75, 3.05) is 6.54 Å². The van der Waals surface area contributed by atoms with Crippen LogP contribution in [0.4, 0.5) is 0 Å². The molecule has 1 atom stereocenters. The fraction of sp³-hybridized carbons (Fsp3) is 0.556. The summed E-state index contributed by atoms with van der Waals surface area (Å²) >= 11 is 0. The van der Waals surface area contributed by atoms with Crippen LogP contribution in [0.25, 0.3) is 0 Å². The Balaban J connectivity index is 1.52. The summed E-state index contributed by atoms with van der Waals surface area (Å²) < 4.78 is 0. The molecular weight excluding hydrogens is 278 g/mol. The highest BCUT2D eigenvalue weighted by Gasteiger charge is 2.36. The highest BCUT2D eigenvalue weighted by atomic mass is 16.4. The number of carbonyl (C=O) groups excluding carboxylic acids is 1. The minimum Gasteiger partial charge on any atom is -0.480 e. The third-order valence-electron chi connectivity index (χ3n) is 5.08. The summed E-state index contributed by atoms with van der Waals surface area (Å²) in [5.74, 6) is 0.150. The van der Waals surface area contributed by atoms with E-state index in [4.69, 9.17) is 0 Å². The van der Waals surface area contributed by atoms with Crippen molar-refractivity contribution in [3.8, 4) is 0 Å². The Bertz CT molecular complexity index is 537. The summed E-state index contributed by atoms with van der Waals surface area (Å²) in [4.78, 5) is 25.3. The number of aliphatic carboxylic acids is 1. The third-order valence-corrected chi connectivity index (χ3v) is 5.08. The Kier molecular flexibility index (Phi) is 4.46. The zero-order chi connectivity index (χ0) is 15.5. The van der Waals surface area contributed by atoms with Crippen LogP contribution in [-0.2, 0) is 9.59 Å². The first-order valence-corrected chi connectivity index (χ1v) is 8.22. The van der Waals surface area contributed by atoms with Crippen LogP contribution in [0.1, 0.15) is 50.0 Å². The van der Waals surface area contributed by atoms with Crippen LogP contribution in [0.5, 0.6) is 0 Å². The lowest BCUT2D eigenvalue weighted by Crippen LogP contribution is -2.48. The highest BCUT2D eigenvalue weighted by Crippen LogP contribution is 2.43. The highest BCUT2D eigenvalue weighted by molar-refractivity contribution is 5.84. The number of carboxylic acids is 1. The molecule has 1 aliphatic heterocycles. The van der Waals surface area contributed by atoms with E-state index in [0.717, 1.165) is 25.7 Å². The van der Waals surface area contributed by atoms with Gasteiger partial charge in [-0.15, -0.1) is 0 Å². The number of likely N-dealkylation sites (tertiary alicyclic amines) is 1. The summed E-state index contributed by atoms with van der Waals surface area (Å²) in [6.45, 7) is 0.602. The maximum Gasteiger partial charge on any atom is 0.326 e. The molecule has 0 unspecified atom stereocenters. The third kappa shape index (κ3) is 3.16. The molecule has 0 radical (unpaired) electrons. The summed E-state index contributed by atoms with van der Waals surface area (Å²) in [5, 5.41) is 9.26. The maximum atomic E-state index is 12.4. The zero-order valence-electron chi connectivity index (χ0n) is 12.8. The number of amides is 1. The Morgan fingerprint density at radius 3 is 2.55 bits per heavy atom. The van der Waals surface area contributed by atoms with Crippen molar-refractivity contribution in [3.63, 3.8) is 0 Å². The molecule has 4 heteroatoms. The summed E-state index contributed by atoms with van der Waals surface area (Å²) in [6, 6.07) is 9.82. The second-order valence-corrected chi connectivity index (χ2v) is 6.59. The van der Waals surface area contributed by atoms with Gasteiger partial charge in [0.2, 0.25) is 5.91 Å². The molecule has 1 aromatic carbocycles. The first-order chi connectivity index (χ1) is 10.6. The van der Waals surface area contributed by atoms with E-state index in [2.05, 4.69) is 24.3 Å². The van der Waals surface area contributed by atoms with Crippen LogP contribution in [0.15, 0.2) is 30.3 Å². The van der Waals surface area contributed by atoms with Gasteiger partial charge < -0.3 is 10.0 Å². The number of carboxylic acid groups (broad SMARTS) is 1. The van der Waals surface area contributed by atoms with Gasteiger partial charge in [-0.3, -0.25) is 4.79 Å². The van der Waals surface area contributed by atoms with Crippen LogP contribution >= 0.6 is 0 Å². The molecule has 1 saturated carbocycles. The molecule has 0 spiro atoms. The average Bonchev–Trinajstić information content (AvgIpc) is 2.51. The Morgan fingerprint density at radius 2 is 1.86 bits per heavy atom. The Hall–Kier alpha value is -1.84. The SMILES string of the molecule is O=C(O)[C@H]1CCCCN1C(=O)CC1CC(c2ccccc2)C1. The molecule has 1 amide bonds. The van der Waals surface area contributed by atoms with E-state index >= 15 is 0 Å². The largest absolute Gasteiger partial charge is 0.480 e. The minimum atomic E-state index is -0.858. The van der Waals surface area contributed by atoms with Gasteiger partial charge in [0.1, 0.15) is 6.04 Å². The standard InChI is InChI=1S/C18H23NO3/c20-17(19-9-5-4-8-16(19)18(21)22)12-13-10-15(11-13)14-6-2-1-3-7-14/h1-3,6-7,13,15-16H,4-5,8-12H2,(H,21,22)/t13?,15?,16-/m1/s1. The first-order valence-electron chi connectivity index (χ1n) is 8.22. The lowest BCUT2D eigenvalue weighted by molar-refractivity contribution is -0.152. The smallest absolute Gasteiger partial charge is 0.326 e. The van der Waals surface area contributed by atoms with Crippen LogP contribution in [-0.4, -0.2) is 34.5 Å². The molecule has 0 bridgehead atoms. The molecule has 2 fully saturated rings. The molecule has 3 rings (SSSR count). The zero-order valence-corrected chi connectivity index (χ0v) is 12.8. The fourth-order valence-corrected chi connectivity index (χ4v) is 3.75. The molecule has 0 aromatic heterocycles. The van der Waals surface area contributed by atoms with Gasteiger partial charge in [0.05, 0.1) is 0 Å². The van der Waals surface area contributed by atoms with Crippen molar-refractivity contribution >= 4 is 11.9 Å². The van der Waals surface area contributed by atoms with Crippen molar-refractivity contribution in [2.45, 2.75) is 50.5 Å². The van der Waals surface area contributed by atoms with Gasteiger partial charge in [-0.2, -0.15) is 0 Å². The van der Waals surface area contributed by atoms with Gasteiger partial charge in [0.15, 0.2) is 0 Å². The summed E-state index contributed by atoms with van der Waals surface area (Å²) in [5.41, 5.74) is 1.35. The molecule has 4 nitrogen and oxygen atoms in total. The number of carbonyl (C=O) groups is 2. The average molecular weight is 301 g/mol. The van der Waals surface area contributed by atoms with E-state index in [1.807, 2.05) is 6.07 Å². The maximum absolute atomic E-state index is 12.4. The van der Waals surface area contributed by atoms with Crippen molar-refractivity contribution in [3.05, 3.63) is 35.9 Å². The summed E-state index contributed by atoms with van der Waals surface area (Å²) in [7, 11) is 0. The summed E-state index contributed by atoms with van der Waals surface area (Å²) in [6.07, 6.45) is 5.02. The topological polar surface area (TPSA) is 57.6 Å². The molecule has 1 aliphatic carbocycles. The van der Waals surface area contributed by atoms with Crippen LogP contribution in [0.3, 0.4) is 0 Å². The molecule has 2 aliphatic rings. The Morgan fingerprint density at radius 1 is 1.14 bits per heavy atom. The quantitative estimate of drug-likeness (QED) is 0.930. The van der Waals surface area contributed by atoms with Crippen LogP contribution in [0, 0.1) is 5.92 Å². The van der Waals surface area contributed by atoms with Crippen molar-refractivity contribution in [2.24, 2.45) is 5.92 Å². The van der Waals surface area contributed by atoms with Gasteiger partial charge >= 0.3 is 5.97 Å². The van der Waals surface area contributed by atoms with Crippen LogP contribution in [0.2, 0.25) is 0 Å².